The zero-order valence-electron chi connectivity index (χ0n) is 12.4. The first-order valence-corrected chi connectivity index (χ1v) is 7.37. The molecule has 0 saturated heterocycles. The molecule has 0 amide bonds. The molecule has 2 heteroatoms. The maximum absolute atomic E-state index is 6.12. The van der Waals surface area contributed by atoms with Gasteiger partial charge in [0.2, 0.25) is 0 Å². The molecule has 2 N–H and O–H groups in total. The normalized spacial score (nSPS) is 28.6. The summed E-state index contributed by atoms with van der Waals surface area (Å²) in [6, 6.07) is 0. The smallest absolute Gasteiger partial charge is 0.0333 e. The van der Waals surface area contributed by atoms with E-state index in [0.717, 1.165) is 6.54 Å². The Morgan fingerprint density at radius 2 is 1.88 bits per heavy atom. The van der Waals surface area contributed by atoms with Gasteiger partial charge in [-0.15, -0.1) is 0 Å². The van der Waals surface area contributed by atoms with Crippen molar-refractivity contribution in [3.8, 4) is 0 Å². The van der Waals surface area contributed by atoms with Gasteiger partial charge >= 0.3 is 0 Å². The minimum atomic E-state index is 0.273. The Balaban J connectivity index is 2.60. The van der Waals surface area contributed by atoms with Gasteiger partial charge in [-0.3, -0.25) is 4.90 Å². The topological polar surface area (TPSA) is 29.3 Å². The van der Waals surface area contributed by atoms with Crippen LogP contribution in [0.1, 0.15) is 65.7 Å². The Morgan fingerprint density at radius 3 is 2.41 bits per heavy atom. The highest BCUT2D eigenvalue weighted by molar-refractivity contribution is 4.98. The molecule has 0 aromatic carbocycles. The molecule has 0 aromatic rings. The average molecular weight is 240 g/mol. The van der Waals surface area contributed by atoms with E-state index in [9.17, 15) is 0 Å². The van der Waals surface area contributed by atoms with Crippen LogP contribution in [-0.4, -0.2) is 30.6 Å². The third-order valence-electron chi connectivity index (χ3n) is 4.59. The highest BCUT2D eigenvalue weighted by atomic mass is 15.2. The minimum Gasteiger partial charge on any atom is -0.329 e. The van der Waals surface area contributed by atoms with Crippen LogP contribution in [0.25, 0.3) is 0 Å². The lowest BCUT2D eigenvalue weighted by atomic mass is 9.67. The van der Waals surface area contributed by atoms with Crippen molar-refractivity contribution < 1.29 is 0 Å². The first-order chi connectivity index (χ1) is 7.96. The van der Waals surface area contributed by atoms with E-state index < -0.39 is 0 Å². The lowest BCUT2D eigenvalue weighted by molar-refractivity contribution is 0.0265. The molecule has 1 fully saturated rings. The summed E-state index contributed by atoms with van der Waals surface area (Å²) in [5, 5.41) is 0. The van der Waals surface area contributed by atoms with Gasteiger partial charge in [0.05, 0.1) is 0 Å². The molecule has 1 saturated carbocycles. The van der Waals surface area contributed by atoms with E-state index in [0.29, 0.717) is 5.41 Å². The first kappa shape index (κ1) is 15.0. The molecular weight excluding hydrogens is 208 g/mol. The summed E-state index contributed by atoms with van der Waals surface area (Å²) in [7, 11) is 2.28. The van der Waals surface area contributed by atoms with Crippen molar-refractivity contribution in [2.24, 2.45) is 11.1 Å². The molecule has 0 bridgehead atoms. The zero-order valence-corrected chi connectivity index (χ0v) is 12.4. The quantitative estimate of drug-likeness (QED) is 0.721. The second-order valence-corrected chi connectivity index (χ2v) is 6.75. The maximum Gasteiger partial charge on any atom is 0.0333 e. The van der Waals surface area contributed by atoms with Gasteiger partial charge in [0.25, 0.3) is 0 Å². The third kappa shape index (κ3) is 3.96. The predicted molar refractivity (Wildman–Crippen MR) is 76.2 cm³/mol. The molecule has 1 atom stereocenters. The van der Waals surface area contributed by atoms with Gasteiger partial charge in [-0.05, 0) is 44.7 Å². The first-order valence-electron chi connectivity index (χ1n) is 7.37. The van der Waals surface area contributed by atoms with Crippen molar-refractivity contribution in [2.75, 3.05) is 20.1 Å². The van der Waals surface area contributed by atoms with Gasteiger partial charge in [0.1, 0.15) is 0 Å². The largest absolute Gasteiger partial charge is 0.329 e. The summed E-state index contributed by atoms with van der Waals surface area (Å²) in [6.45, 7) is 9.09. The second-order valence-electron chi connectivity index (χ2n) is 6.75. The maximum atomic E-state index is 6.12. The molecule has 102 valence electrons. The Bertz CT molecular complexity index is 225. The Hall–Kier alpha value is -0.0800. The molecule has 1 rings (SSSR count). The number of unbranched alkanes of at least 4 members (excludes halogenated alkanes) is 2. The SMILES string of the molecule is CCCCCN(C)C1(CN)CCCC(C)(C)C1. The number of hydrogen-bond acceptors (Lipinski definition) is 2. The van der Waals surface area contributed by atoms with E-state index in [-0.39, 0.29) is 5.54 Å². The molecule has 1 unspecified atom stereocenters. The summed E-state index contributed by atoms with van der Waals surface area (Å²) in [6.07, 6.45) is 9.20. The molecule has 2 nitrogen and oxygen atoms in total. The molecule has 1 aliphatic rings. The van der Waals surface area contributed by atoms with E-state index in [1.54, 1.807) is 0 Å². The van der Waals surface area contributed by atoms with Crippen LogP contribution in [0.15, 0.2) is 0 Å². The molecule has 0 aliphatic heterocycles. The van der Waals surface area contributed by atoms with Gasteiger partial charge in [-0.2, -0.15) is 0 Å². The lowest BCUT2D eigenvalue weighted by Gasteiger charge is -2.50. The summed E-state index contributed by atoms with van der Waals surface area (Å²) in [4.78, 5) is 2.56. The van der Waals surface area contributed by atoms with Gasteiger partial charge in [0, 0.05) is 12.1 Å². The number of nitrogens with two attached hydrogens (primary N) is 1. The summed E-state index contributed by atoms with van der Waals surface area (Å²) < 4.78 is 0. The van der Waals surface area contributed by atoms with Crippen LogP contribution < -0.4 is 5.73 Å². The average Bonchev–Trinajstić information content (AvgIpc) is 2.27. The van der Waals surface area contributed by atoms with Crippen molar-refractivity contribution >= 4 is 0 Å². The van der Waals surface area contributed by atoms with E-state index in [4.69, 9.17) is 5.73 Å². The predicted octanol–water partition coefficient (Wildman–Crippen LogP) is 3.41. The van der Waals surface area contributed by atoms with E-state index in [1.165, 1.54) is 51.5 Å². The van der Waals surface area contributed by atoms with Crippen molar-refractivity contribution in [2.45, 2.75) is 71.3 Å². The number of rotatable bonds is 6. The van der Waals surface area contributed by atoms with E-state index in [1.807, 2.05) is 0 Å². The minimum absolute atomic E-state index is 0.273. The summed E-state index contributed by atoms with van der Waals surface area (Å²) in [5.74, 6) is 0. The molecule has 0 radical (unpaired) electrons. The third-order valence-corrected chi connectivity index (χ3v) is 4.59. The van der Waals surface area contributed by atoms with Crippen molar-refractivity contribution in [3.05, 3.63) is 0 Å². The zero-order chi connectivity index (χ0) is 12.9. The van der Waals surface area contributed by atoms with Crippen LogP contribution in [-0.2, 0) is 0 Å². The molecule has 0 aromatic heterocycles. The Labute approximate surface area is 108 Å². The Morgan fingerprint density at radius 1 is 1.18 bits per heavy atom. The van der Waals surface area contributed by atoms with Crippen LogP contribution in [0.2, 0.25) is 0 Å². The van der Waals surface area contributed by atoms with Crippen LogP contribution >= 0.6 is 0 Å². The summed E-state index contributed by atoms with van der Waals surface area (Å²) >= 11 is 0. The van der Waals surface area contributed by atoms with Gasteiger partial charge in [-0.1, -0.05) is 40.0 Å². The fourth-order valence-electron chi connectivity index (χ4n) is 3.46. The van der Waals surface area contributed by atoms with Crippen molar-refractivity contribution in [3.63, 3.8) is 0 Å². The molecule has 0 spiro atoms. The highest BCUT2D eigenvalue weighted by Crippen LogP contribution is 2.43. The number of likely N-dealkylation sites (N-methyl/N-ethyl adjacent to an activating group) is 1. The molecular formula is C15H32N2. The molecule has 17 heavy (non-hydrogen) atoms. The van der Waals surface area contributed by atoms with Gasteiger partial charge in [0.15, 0.2) is 0 Å². The van der Waals surface area contributed by atoms with Crippen LogP contribution in [0.3, 0.4) is 0 Å². The van der Waals surface area contributed by atoms with Crippen LogP contribution in [0.4, 0.5) is 0 Å². The highest BCUT2D eigenvalue weighted by Gasteiger charge is 2.41. The number of hydrogen-bond donors (Lipinski definition) is 1. The monoisotopic (exact) mass is 240 g/mol. The summed E-state index contributed by atoms with van der Waals surface area (Å²) in [5.41, 5.74) is 6.87. The lowest BCUT2D eigenvalue weighted by Crippen LogP contribution is -2.56. The molecule has 0 heterocycles. The second kappa shape index (κ2) is 6.19. The number of nitrogens with zero attached hydrogens (tertiary/aromatic N) is 1. The van der Waals surface area contributed by atoms with Crippen molar-refractivity contribution in [1.82, 2.24) is 4.90 Å². The fraction of sp³-hybridized carbons (Fsp3) is 1.00. The van der Waals surface area contributed by atoms with E-state index in [2.05, 4.69) is 32.7 Å². The fourth-order valence-corrected chi connectivity index (χ4v) is 3.46. The van der Waals surface area contributed by atoms with Crippen LogP contribution in [0, 0.1) is 5.41 Å². The van der Waals surface area contributed by atoms with Crippen LogP contribution in [0.5, 0.6) is 0 Å². The molecule has 1 aliphatic carbocycles. The Kier molecular flexibility index (Phi) is 5.46. The van der Waals surface area contributed by atoms with Crippen molar-refractivity contribution in [1.29, 1.82) is 0 Å². The van der Waals surface area contributed by atoms with E-state index >= 15 is 0 Å². The van der Waals surface area contributed by atoms with Gasteiger partial charge in [-0.25, -0.2) is 0 Å². The van der Waals surface area contributed by atoms with Gasteiger partial charge < -0.3 is 5.73 Å². The standard InChI is InChI=1S/C15H32N2/c1-5-6-7-11-17(4)15(13-16)10-8-9-14(2,3)12-15/h5-13,16H2,1-4H3.